The molecule has 0 aliphatic heterocycles. The normalized spacial score (nSPS) is 12.2. The molecule has 3 rings (SSSR count). The smallest absolute Gasteiger partial charge is 0.328 e. The number of aliphatic carboxylic acids is 1. The van der Waals surface area contributed by atoms with E-state index in [0.29, 0.717) is 5.75 Å². The summed E-state index contributed by atoms with van der Waals surface area (Å²) in [4.78, 5) is 38.5. The van der Waals surface area contributed by atoms with E-state index in [1.807, 2.05) is 19.1 Å². The van der Waals surface area contributed by atoms with Crippen LogP contribution in [0.5, 0.6) is 5.75 Å². The van der Waals surface area contributed by atoms with Crippen molar-refractivity contribution in [1.82, 2.24) is 4.90 Å². The molecule has 0 radical (unpaired) electrons. The summed E-state index contributed by atoms with van der Waals surface area (Å²) in [7, 11) is -3.02. The number of nitrogens with zero attached hydrogens (tertiary/aromatic N) is 2. The number of carbonyl (C=O) groups is 3. The summed E-state index contributed by atoms with van der Waals surface area (Å²) < 4.78 is 34.3. The number of benzene rings is 3. The van der Waals surface area contributed by atoms with Gasteiger partial charge in [-0.1, -0.05) is 62.2 Å². The largest absolute Gasteiger partial charge is 0.484 e. The molecule has 0 aliphatic rings. The van der Waals surface area contributed by atoms with Gasteiger partial charge in [-0.15, -0.1) is 0 Å². The molecule has 12 heteroatoms. The van der Waals surface area contributed by atoms with Crippen LogP contribution in [0.3, 0.4) is 0 Å². The van der Waals surface area contributed by atoms with E-state index in [-0.39, 0.29) is 34.4 Å². The van der Waals surface area contributed by atoms with Crippen molar-refractivity contribution in [3.05, 3.63) is 83.4 Å². The van der Waals surface area contributed by atoms with Gasteiger partial charge in [-0.3, -0.25) is 13.9 Å². The minimum Gasteiger partial charge on any atom is -0.484 e. The quantitative estimate of drug-likeness (QED) is 0.316. The molecule has 0 aromatic heterocycles. The fourth-order valence-electron chi connectivity index (χ4n) is 4.10. The molecule has 42 heavy (non-hydrogen) atoms. The van der Waals surface area contributed by atoms with Gasteiger partial charge in [0, 0.05) is 17.8 Å². The molecule has 10 nitrogen and oxygen atoms in total. The number of rotatable bonds is 11. The number of nitrogens with one attached hydrogen (secondary N) is 1. The van der Waals surface area contributed by atoms with Crippen molar-refractivity contribution in [3.63, 3.8) is 0 Å². The van der Waals surface area contributed by atoms with Gasteiger partial charge in [0.05, 0.1) is 17.1 Å². The standard InChI is InChI=1S/C30H34ClN3O7S/c1-20-12-14-24(15-13-20)41-19-27(36)33(5)18-26(35)32-22-9-7-11-25(17-22)42(39,40)34(23-10-6-8-21(31)16-23)28(29(37)38)30(2,3)4/h6-17,28H,18-19H2,1-5H3,(H,32,35)(H,37,38). The van der Waals surface area contributed by atoms with Crippen molar-refractivity contribution in [1.29, 1.82) is 0 Å². The van der Waals surface area contributed by atoms with E-state index in [4.69, 9.17) is 16.3 Å². The third kappa shape index (κ3) is 8.23. The van der Waals surface area contributed by atoms with Crippen molar-refractivity contribution in [3.8, 4) is 5.75 Å². The van der Waals surface area contributed by atoms with Crippen LogP contribution in [0.4, 0.5) is 11.4 Å². The fourth-order valence-corrected chi connectivity index (χ4v) is 6.12. The summed E-state index contributed by atoms with van der Waals surface area (Å²) in [6, 6.07) is 17.1. The third-order valence-electron chi connectivity index (χ3n) is 6.22. The highest BCUT2D eigenvalue weighted by Gasteiger charge is 2.43. The fraction of sp³-hybridized carbons (Fsp3) is 0.300. The highest BCUT2D eigenvalue weighted by Crippen LogP contribution is 2.35. The molecule has 0 saturated heterocycles. The summed E-state index contributed by atoms with van der Waals surface area (Å²) in [5.41, 5.74) is 0.263. The first kappa shape index (κ1) is 32.4. The monoisotopic (exact) mass is 615 g/mol. The van der Waals surface area contributed by atoms with Crippen LogP contribution in [0.25, 0.3) is 0 Å². The molecule has 1 atom stereocenters. The van der Waals surface area contributed by atoms with Crippen molar-refractivity contribution in [2.45, 2.75) is 38.6 Å². The SMILES string of the molecule is Cc1ccc(OCC(=O)N(C)CC(=O)Nc2cccc(S(=O)(=O)N(c3cccc(Cl)c3)C(C(=O)O)C(C)(C)C)c2)cc1. The minimum absolute atomic E-state index is 0.0762. The zero-order valence-electron chi connectivity index (χ0n) is 24.0. The van der Waals surface area contributed by atoms with Crippen LogP contribution in [0.1, 0.15) is 26.3 Å². The number of anilines is 2. The number of aryl methyl sites for hydroxylation is 1. The summed E-state index contributed by atoms with van der Waals surface area (Å²) >= 11 is 6.13. The van der Waals surface area contributed by atoms with Gasteiger partial charge in [0.2, 0.25) is 5.91 Å². The van der Waals surface area contributed by atoms with Crippen molar-refractivity contribution < 1.29 is 32.6 Å². The number of hydrogen-bond donors (Lipinski definition) is 2. The van der Waals surface area contributed by atoms with Gasteiger partial charge in [0.25, 0.3) is 15.9 Å². The van der Waals surface area contributed by atoms with Gasteiger partial charge in [-0.25, -0.2) is 13.2 Å². The van der Waals surface area contributed by atoms with Gasteiger partial charge in [0.1, 0.15) is 11.8 Å². The van der Waals surface area contributed by atoms with E-state index < -0.39 is 39.3 Å². The Morgan fingerprint density at radius 1 is 1.00 bits per heavy atom. The Labute approximate surface area is 250 Å². The molecule has 0 fully saturated rings. The molecule has 0 aliphatic carbocycles. The summed E-state index contributed by atoms with van der Waals surface area (Å²) in [5, 5.41) is 12.9. The van der Waals surface area contributed by atoms with Crippen LogP contribution in [0.2, 0.25) is 5.02 Å². The average molecular weight is 616 g/mol. The molecule has 3 aromatic carbocycles. The number of halogens is 1. The Morgan fingerprint density at radius 2 is 1.64 bits per heavy atom. The molecule has 0 bridgehead atoms. The first-order chi connectivity index (χ1) is 19.6. The third-order valence-corrected chi connectivity index (χ3v) is 8.24. The lowest BCUT2D eigenvalue weighted by molar-refractivity contribution is -0.140. The maximum absolute atomic E-state index is 14.0. The van der Waals surface area contributed by atoms with Gasteiger partial charge in [-0.05, 0) is 60.9 Å². The summed E-state index contributed by atoms with van der Waals surface area (Å²) in [6.07, 6.45) is 0. The van der Waals surface area contributed by atoms with E-state index in [1.165, 1.54) is 54.4 Å². The second kappa shape index (κ2) is 13.3. The van der Waals surface area contributed by atoms with Crippen LogP contribution in [-0.4, -0.2) is 62.4 Å². The lowest BCUT2D eigenvalue weighted by atomic mass is 9.86. The second-order valence-corrected chi connectivity index (χ2v) is 13.1. The predicted molar refractivity (Wildman–Crippen MR) is 161 cm³/mol. The van der Waals surface area contributed by atoms with E-state index in [9.17, 15) is 27.9 Å². The number of sulfonamides is 1. The average Bonchev–Trinajstić information content (AvgIpc) is 2.90. The molecule has 0 saturated carbocycles. The van der Waals surface area contributed by atoms with Crippen molar-refractivity contribution in [2.24, 2.45) is 5.41 Å². The van der Waals surface area contributed by atoms with Crippen molar-refractivity contribution >= 4 is 50.8 Å². The zero-order chi connectivity index (χ0) is 31.2. The van der Waals surface area contributed by atoms with Crippen LogP contribution in [0, 0.1) is 12.3 Å². The zero-order valence-corrected chi connectivity index (χ0v) is 25.6. The number of hydrogen-bond acceptors (Lipinski definition) is 6. The van der Waals surface area contributed by atoms with Gasteiger partial charge >= 0.3 is 5.97 Å². The highest BCUT2D eigenvalue weighted by molar-refractivity contribution is 7.93. The molecule has 2 amide bonds. The Hall–Kier alpha value is -4.09. The van der Waals surface area contributed by atoms with E-state index in [0.717, 1.165) is 9.87 Å². The second-order valence-electron chi connectivity index (χ2n) is 10.8. The Kier molecular flexibility index (Phi) is 10.2. The van der Waals surface area contributed by atoms with Crippen LogP contribution in [0.15, 0.2) is 77.7 Å². The number of amides is 2. The number of carboxylic acids is 1. The summed E-state index contributed by atoms with van der Waals surface area (Å²) in [6.45, 7) is 6.23. The first-order valence-corrected chi connectivity index (χ1v) is 14.8. The lowest BCUT2D eigenvalue weighted by Crippen LogP contribution is -2.52. The number of carboxylic acid groups (broad SMARTS) is 1. The van der Waals surface area contributed by atoms with E-state index >= 15 is 0 Å². The Bertz CT molecular complexity index is 1550. The molecule has 0 spiro atoms. The molecule has 2 N–H and O–H groups in total. The van der Waals surface area contributed by atoms with Gasteiger partial charge in [0.15, 0.2) is 6.61 Å². The maximum atomic E-state index is 14.0. The molecule has 0 heterocycles. The molecule has 224 valence electrons. The first-order valence-electron chi connectivity index (χ1n) is 13.0. The van der Waals surface area contributed by atoms with E-state index in [1.54, 1.807) is 39.0 Å². The predicted octanol–water partition coefficient (Wildman–Crippen LogP) is 4.82. The lowest BCUT2D eigenvalue weighted by Gasteiger charge is -2.37. The topological polar surface area (TPSA) is 133 Å². The Balaban J connectivity index is 1.80. The number of carbonyl (C=O) groups excluding carboxylic acids is 2. The van der Waals surface area contributed by atoms with Crippen LogP contribution in [-0.2, 0) is 24.4 Å². The maximum Gasteiger partial charge on any atom is 0.328 e. The van der Waals surface area contributed by atoms with E-state index in [2.05, 4.69) is 5.32 Å². The van der Waals surface area contributed by atoms with Crippen LogP contribution >= 0.6 is 11.6 Å². The highest BCUT2D eigenvalue weighted by atomic mass is 35.5. The molecular formula is C30H34ClN3O7S. The number of likely N-dealkylation sites (N-methyl/N-ethyl adjacent to an activating group) is 1. The van der Waals surface area contributed by atoms with Gasteiger partial charge < -0.3 is 20.1 Å². The Morgan fingerprint density at radius 3 is 2.24 bits per heavy atom. The molecule has 1 unspecified atom stereocenters. The molecule has 3 aromatic rings. The van der Waals surface area contributed by atoms with Gasteiger partial charge in [-0.2, -0.15) is 0 Å². The molecular weight excluding hydrogens is 582 g/mol. The van der Waals surface area contributed by atoms with Crippen molar-refractivity contribution in [2.75, 3.05) is 29.8 Å². The number of ether oxygens (including phenoxy) is 1. The minimum atomic E-state index is -4.47. The van der Waals surface area contributed by atoms with Crippen LogP contribution < -0.4 is 14.4 Å². The summed E-state index contributed by atoms with van der Waals surface area (Å²) in [5.74, 6) is -1.82.